The van der Waals surface area contributed by atoms with E-state index in [9.17, 15) is 4.79 Å². The van der Waals surface area contributed by atoms with Gasteiger partial charge in [0, 0.05) is 82.8 Å². The van der Waals surface area contributed by atoms with Gasteiger partial charge < -0.3 is 19.3 Å². The molecule has 0 aliphatic carbocycles. The number of fused-ring (bicyclic) bond motifs is 1. The van der Waals surface area contributed by atoms with Crippen LogP contribution in [0.2, 0.25) is 5.15 Å². The summed E-state index contributed by atoms with van der Waals surface area (Å²) in [5, 5.41) is 1.11. The Hall–Kier alpha value is -3.83. The number of hydrogen-bond acceptors (Lipinski definition) is 9. The van der Waals surface area contributed by atoms with Gasteiger partial charge in [-0.3, -0.25) is 14.6 Å². The minimum absolute atomic E-state index is 0.0774. The standard InChI is InChI=1S/C35H37ClN6O3S/c36-32-21-33(41-16-12-39(13-17-41)22-26-4-2-1-3-5-26)38-35(37-32)46-24-27-6-9-29(10-7-27)34(43)42-18-14-40(15-19-42)23-28-8-11-30-31(20-28)45-25-44-30/h1-11,20-21H,12-19,22-25H2. The van der Waals surface area contributed by atoms with E-state index in [0.29, 0.717) is 34.7 Å². The van der Waals surface area contributed by atoms with Crippen molar-refractivity contribution in [1.29, 1.82) is 0 Å². The lowest BCUT2D eigenvalue weighted by molar-refractivity contribution is 0.0628. The summed E-state index contributed by atoms with van der Waals surface area (Å²) in [6.45, 7) is 8.89. The Kier molecular flexibility index (Phi) is 9.57. The van der Waals surface area contributed by atoms with E-state index in [4.69, 9.17) is 26.1 Å². The Morgan fingerprint density at radius 2 is 1.39 bits per heavy atom. The second kappa shape index (κ2) is 14.3. The SMILES string of the molecule is O=C(c1ccc(CSc2nc(Cl)cc(N3CCN(Cc4ccccc4)CC3)n2)cc1)N1CCN(Cc2ccc3c(c2)OCO3)CC1. The van der Waals surface area contributed by atoms with Crippen molar-refractivity contribution in [2.24, 2.45) is 0 Å². The first-order valence-corrected chi connectivity index (χ1v) is 17.1. The maximum atomic E-state index is 13.2. The lowest BCUT2D eigenvalue weighted by Gasteiger charge is -2.35. The molecule has 0 radical (unpaired) electrons. The third-order valence-corrected chi connectivity index (χ3v) is 9.79. The quantitative estimate of drug-likeness (QED) is 0.133. The van der Waals surface area contributed by atoms with Crippen molar-refractivity contribution < 1.29 is 14.3 Å². The summed E-state index contributed by atoms with van der Waals surface area (Å²) in [5.41, 5.74) is 4.35. The lowest BCUT2D eigenvalue weighted by Crippen LogP contribution is -2.48. The highest BCUT2D eigenvalue weighted by Gasteiger charge is 2.23. The van der Waals surface area contributed by atoms with Gasteiger partial charge in [-0.05, 0) is 41.0 Å². The molecule has 3 aliphatic heterocycles. The summed E-state index contributed by atoms with van der Waals surface area (Å²) in [5.74, 6) is 3.25. The predicted molar refractivity (Wildman–Crippen MR) is 181 cm³/mol. The molecule has 0 bridgehead atoms. The van der Waals surface area contributed by atoms with Gasteiger partial charge >= 0.3 is 0 Å². The molecule has 3 aliphatic rings. The van der Waals surface area contributed by atoms with Crippen LogP contribution >= 0.6 is 23.4 Å². The molecule has 1 amide bonds. The van der Waals surface area contributed by atoms with Gasteiger partial charge in [0.25, 0.3) is 5.91 Å². The number of anilines is 1. The number of carbonyl (C=O) groups excluding carboxylic acids is 1. The van der Waals surface area contributed by atoms with Crippen molar-refractivity contribution in [3.8, 4) is 11.5 Å². The van der Waals surface area contributed by atoms with Crippen LogP contribution in [0.15, 0.2) is 84.0 Å². The molecule has 9 nitrogen and oxygen atoms in total. The number of amides is 1. The molecule has 0 unspecified atom stereocenters. The largest absolute Gasteiger partial charge is 0.454 e. The topological polar surface area (TPSA) is 74.3 Å². The van der Waals surface area contributed by atoms with Crippen LogP contribution in [0, 0.1) is 0 Å². The summed E-state index contributed by atoms with van der Waals surface area (Å²) in [6, 6.07) is 26.4. The predicted octanol–water partition coefficient (Wildman–Crippen LogP) is 5.43. The number of carbonyl (C=O) groups is 1. The molecule has 0 saturated carbocycles. The van der Waals surface area contributed by atoms with Crippen LogP contribution in [0.1, 0.15) is 27.0 Å². The molecule has 46 heavy (non-hydrogen) atoms. The first-order chi connectivity index (χ1) is 22.6. The number of ether oxygens (including phenoxy) is 2. The lowest BCUT2D eigenvalue weighted by atomic mass is 10.1. The summed E-state index contributed by atoms with van der Waals surface area (Å²) in [4.78, 5) is 31.6. The molecule has 7 rings (SSSR count). The molecule has 0 atom stereocenters. The summed E-state index contributed by atoms with van der Waals surface area (Å²) < 4.78 is 10.9. The number of nitrogens with zero attached hydrogens (tertiary/aromatic N) is 6. The second-order valence-corrected chi connectivity index (χ2v) is 13.2. The fourth-order valence-corrected chi connectivity index (χ4v) is 7.11. The smallest absolute Gasteiger partial charge is 0.253 e. The zero-order valence-electron chi connectivity index (χ0n) is 25.7. The minimum atomic E-state index is 0.0774. The first kappa shape index (κ1) is 30.8. The second-order valence-electron chi connectivity index (χ2n) is 11.8. The molecule has 2 saturated heterocycles. The molecule has 238 valence electrons. The number of rotatable bonds is 9. The number of thioether (sulfide) groups is 1. The van der Waals surface area contributed by atoms with Gasteiger partial charge in [0.15, 0.2) is 16.7 Å². The molecule has 3 aromatic carbocycles. The highest BCUT2D eigenvalue weighted by molar-refractivity contribution is 7.98. The van der Waals surface area contributed by atoms with Crippen LogP contribution in [0.5, 0.6) is 11.5 Å². The monoisotopic (exact) mass is 656 g/mol. The van der Waals surface area contributed by atoms with Gasteiger partial charge in [-0.2, -0.15) is 0 Å². The van der Waals surface area contributed by atoms with Gasteiger partial charge in [-0.15, -0.1) is 0 Å². The summed E-state index contributed by atoms with van der Waals surface area (Å²) in [6.07, 6.45) is 0. The number of aromatic nitrogens is 2. The average molecular weight is 657 g/mol. The third-order valence-electron chi connectivity index (χ3n) is 8.68. The van der Waals surface area contributed by atoms with E-state index in [-0.39, 0.29) is 12.7 Å². The van der Waals surface area contributed by atoms with Crippen LogP contribution in [-0.4, -0.2) is 89.7 Å². The van der Waals surface area contributed by atoms with Crippen molar-refractivity contribution >= 4 is 35.1 Å². The molecular formula is C35H37ClN6O3S. The molecule has 2 fully saturated rings. The van der Waals surface area contributed by atoms with Crippen molar-refractivity contribution in [2.45, 2.75) is 24.0 Å². The van der Waals surface area contributed by atoms with Crippen LogP contribution in [-0.2, 0) is 18.8 Å². The van der Waals surface area contributed by atoms with Crippen LogP contribution in [0.3, 0.4) is 0 Å². The number of halogens is 1. The Morgan fingerprint density at radius 3 is 2.15 bits per heavy atom. The molecule has 0 spiro atoms. The van der Waals surface area contributed by atoms with Crippen molar-refractivity contribution in [3.05, 3.63) is 106 Å². The van der Waals surface area contributed by atoms with E-state index in [1.165, 1.54) is 11.1 Å². The fourth-order valence-electron chi connectivity index (χ4n) is 6.07. The van der Waals surface area contributed by atoms with Gasteiger partial charge in [0.1, 0.15) is 11.0 Å². The molecule has 11 heteroatoms. The maximum Gasteiger partial charge on any atom is 0.253 e. The van der Waals surface area contributed by atoms with Gasteiger partial charge in [0.05, 0.1) is 0 Å². The highest BCUT2D eigenvalue weighted by atomic mass is 35.5. The van der Waals surface area contributed by atoms with Gasteiger partial charge in [-0.1, -0.05) is 71.9 Å². The Balaban J connectivity index is 0.878. The average Bonchev–Trinajstić information content (AvgIpc) is 3.56. The molecule has 4 heterocycles. The highest BCUT2D eigenvalue weighted by Crippen LogP contribution is 2.33. The van der Waals surface area contributed by atoms with E-state index < -0.39 is 0 Å². The molecule has 0 N–H and O–H groups in total. The van der Waals surface area contributed by atoms with E-state index in [1.54, 1.807) is 11.8 Å². The Morgan fingerprint density at radius 1 is 0.717 bits per heavy atom. The number of piperazine rings is 2. The van der Waals surface area contributed by atoms with Crippen LogP contribution in [0.4, 0.5) is 5.82 Å². The van der Waals surface area contributed by atoms with E-state index in [1.807, 2.05) is 47.4 Å². The van der Waals surface area contributed by atoms with Gasteiger partial charge in [0.2, 0.25) is 6.79 Å². The van der Waals surface area contributed by atoms with Crippen molar-refractivity contribution in [3.63, 3.8) is 0 Å². The number of hydrogen-bond donors (Lipinski definition) is 0. The first-order valence-electron chi connectivity index (χ1n) is 15.7. The summed E-state index contributed by atoms with van der Waals surface area (Å²) >= 11 is 7.99. The normalized spacial score (nSPS) is 17.0. The van der Waals surface area contributed by atoms with Crippen LogP contribution < -0.4 is 14.4 Å². The zero-order valence-corrected chi connectivity index (χ0v) is 27.3. The zero-order chi connectivity index (χ0) is 31.3. The molecule has 4 aromatic rings. The molecular weight excluding hydrogens is 620 g/mol. The molecule has 1 aromatic heterocycles. The van der Waals surface area contributed by atoms with E-state index in [2.05, 4.69) is 56.1 Å². The Labute approximate surface area is 279 Å². The Bertz CT molecular complexity index is 1640. The van der Waals surface area contributed by atoms with E-state index in [0.717, 1.165) is 75.2 Å². The fraction of sp³-hybridized carbons (Fsp3) is 0.343. The number of benzene rings is 3. The summed E-state index contributed by atoms with van der Waals surface area (Å²) in [7, 11) is 0. The minimum Gasteiger partial charge on any atom is -0.454 e. The van der Waals surface area contributed by atoms with Crippen LogP contribution in [0.25, 0.3) is 0 Å². The van der Waals surface area contributed by atoms with E-state index >= 15 is 0 Å². The van der Waals surface area contributed by atoms with Crippen molar-refractivity contribution in [1.82, 2.24) is 24.7 Å². The third kappa shape index (κ3) is 7.58. The maximum absolute atomic E-state index is 13.2. The van der Waals surface area contributed by atoms with Crippen molar-refractivity contribution in [2.75, 3.05) is 64.1 Å². The van der Waals surface area contributed by atoms with Gasteiger partial charge in [-0.25, -0.2) is 9.97 Å².